The molecule has 42 heavy (non-hydrogen) atoms. The van der Waals surface area contributed by atoms with Crippen molar-refractivity contribution in [2.45, 2.75) is 122 Å². The van der Waals surface area contributed by atoms with Crippen LogP contribution in [0.4, 0.5) is 0 Å². The Bertz CT molecular complexity index is 1230. The minimum atomic E-state index is -2.00. The Labute approximate surface area is 244 Å². The number of fused-ring (bicyclic) bond motifs is 1. The van der Waals surface area contributed by atoms with E-state index in [1.807, 2.05) is 0 Å². The van der Waals surface area contributed by atoms with Gasteiger partial charge in [0.05, 0.1) is 0 Å². The average molecular weight is 593 g/mol. The first-order valence-corrected chi connectivity index (χ1v) is 14.2. The fourth-order valence-electron chi connectivity index (χ4n) is 7.11. The molecule has 12 nitrogen and oxygen atoms in total. The van der Waals surface area contributed by atoms with E-state index in [0.717, 1.165) is 0 Å². The molecule has 2 aliphatic heterocycles. The Hall–Kier alpha value is -3.25. The summed E-state index contributed by atoms with van der Waals surface area (Å²) < 4.78 is 35.1. The minimum absolute atomic E-state index is 0.0732. The van der Waals surface area contributed by atoms with Gasteiger partial charge in [0, 0.05) is 44.9 Å². The van der Waals surface area contributed by atoms with Crippen LogP contribution in [0.2, 0.25) is 0 Å². The lowest BCUT2D eigenvalue weighted by Gasteiger charge is -2.55. The third-order valence-corrected chi connectivity index (χ3v) is 8.88. The molecule has 4 aliphatic rings. The van der Waals surface area contributed by atoms with Crippen LogP contribution in [0.25, 0.3) is 0 Å². The van der Waals surface area contributed by atoms with Gasteiger partial charge in [-0.25, -0.2) is 4.79 Å². The number of rotatable bonds is 6. The van der Waals surface area contributed by atoms with Crippen LogP contribution in [-0.4, -0.2) is 82.3 Å². The van der Waals surface area contributed by atoms with Gasteiger partial charge in [0.2, 0.25) is 0 Å². The lowest BCUT2D eigenvalue weighted by atomic mass is 9.55. The molecule has 10 atom stereocenters. The number of carbonyl (C=O) groups is 5. The van der Waals surface area contributed by atoms with Crippen LogP contribution in [-0.2, 0) is 52.4 Å². The summed E-state index contributed by atoms with van der Waals surface area (Å²) in [4.78, 5) is 63.3. The quantitative estimate of drug-likeness (QED) is 0.207. The molecular weight excluding hydrogens is 552 g/mol. The molecule has 0 amide bonds. The van der Waals surface area contributed by atoms with Crippen molar-refractivity contribution in [3.63, 3.8) is 0 Å². The Balaban J connectivity index is 2.03. The molecule has 232 valence electrons. The zero-order valence-corrected chi connectivity index (χ0v) is 25.3. The van der Waals surface area contributed by atoms with Crippen molar-refractivity contribution in [1.29, 1.82) is 0 Å². The first kappa shape index (κ1) is 31.7. The fourth-order valence-corrected chi connectivity index (χ4v) is 7.11. The molecule has 4 rings (SSSR count). The molecule has 2 aliphatic carbocycles. The van der Waals surface area contributed by atoms with E-state index in [4.69, 9.17) is 28.4 Å². The number of hydrogen-bond acceptors (Lipinski definition) is 12. The number of epoxide rings is 1. The molecule has 0 aromatic rings. The highest BCUT2D eigenvalue weighted by Crippen LogP contribution is 2.65. The number of hydrogen-bond donors (Lipinski definition) is 1. The molecule has 12 heteroatoms. The highest BCUT2D eigenvalue weighted by atomic mass is 16.7. The predicted molar refractivity (Wildman–Crippen MR) is 143 cm³/mol. The summed E-state index contributed by atoms with van der Waals surface area (Å²) in [6.45, 7) is 11.7. The van der Waals surface area contributed by atoms with Crippen molar-refractivity contribution in [3.8, 4) is 0 Å². The minimum Gasteiger partial charge on any atom is -0.459 e. The van der Waals surface area contributed by atoms with Gasteiger partial charge in [-0.15, -0.1) is 0 Å². The van der Waals surface area contributed by atoms with Crippen LogP contribution in [0, 0.1) is 11.3 Å². The van der Waals surface area contributed by atoms with Crippen LogP contribution in [0.1, 0.15) is 74.7 Å². The van der Waals surface area contributed by atoms with E-state index < -0.39 is 88.5 Å². The number of aliphatic hydroxyl groups is 1. The monoisotopic (exact) mass is 592 g/mol. The lowest BCUT2D eigenvalue weighted by molar-refractivity contribution is -0.228. The summed E-state index contributed by atoms with van der Waals surface area (Å²) in [6.07, 6.45) is -0.548. The van der Waals surface area contributed by atoms with Gasteiger partial charge in [-0.3, -0.25) is 19.2 Å². The van der Waals surface area contributed by atoms with Gasteiger partial charge in [-0.05, 0) is 39.3 Å². The van der Waals surface area contributed by atoms with E-state index in [9.17, 15) is 29.1 Å². The van der Waals surface area contributed by atoms with Gasteiger partial charge in [-0.1, -0.05) is 25.5 Å². The molecular formula is C30H40O12. The van der Waals surface area contributed by atoms with E-state index in [0.29, 0.717) is 12.0 Å². The zero-order chi connectivity index (χ0) is 31.4. The summed E-state index contributed by atoms with van der Waals surface area (Å²) in [6, 6.07) is 0. The summed E-state index contributed by atoms with van der Waals surface area (Å²) in [5.74, 6) is -4.57. The SMILES string of the molecule is CCCC(=O)OC1C=CC2(C)C(OC(C)=O)C(OC(C)=O)CC(C)=CC3OC(=O)C4(C)OC34C(OC(C)=O)C2C1(C)O. The van der Waals surface area contributed by atoms with E-state index in [1.165, 1.54) is 40.7 Å². The molecule has 0 radical (unpaired) electrons. The summed E-state index contributed by atoms with van der Waals surface area (Å²) >= 11 is 0. The van der Waals surface area contributed by atoms with Crippen LogP contribution in [0.3, 0.4) is 0 Å². The Morgan fingerprint density at radius 3 is 2.12 bits per heavy atom. The van der Waals surface area contributed by atoms with E-state index >= 15 is 0 Å². The molecule has 1 N–H and O–H groups in total. The third kappa shape index (κ3) is 5.02. The second kappa shape index (κ2) is 10.8. The van der Waals surface area contributed by atoms with Gasteiger partial charge in [0.1, 0.15) is 30.0 Å². The van der Waals surface area contributed by atoms with Gasteiger partial charge >= 0.3 is 29.8 Å². The lowest BCUT2D eigenvalue weighted by Crippen LogP contribution is -2.68. The third-order valence-electron chi connectivity index (χ3n) is 8.88. The first-order chi connectivity index (χ1) is 19.4. The summed E-state index contributed by atoms with van der Waals surface area (Å²) in [7, 11) is 0. The number of ether oxygens (including phenoxy) is 6. The van der Waals surface area contributed by atoms with Crippen LogP contribution >= 0.6 is 0 Å². The maximum absolute atomic E-state index is 13.1. The average Bonchev–Trinajstić information content (AvgIpc) is 3.44. The van der Waals surface area contributed by atoms with E-state index in [1.54, 1.807) is 32.9 Å². The topological polar surface area (TPSA) is 164 Å². The molecule has 1 spiro atoms. The maximum atomic E-state index is 13.1. The van der Waals surface area contributed by atoms with E-state index in [-0.39, 0.29) is 12.8 Å². The molecule has 0 saturated carbocycles. The molecule has 2 fully saturated rings. The highest BCUT2D eigenvalue weighted by molar-refractivity contribution is 5.89. The normalized spacial score (nSPS) is 42.0. The van der Waals surface area contributed by atoms with Crippen LogP contribution in [0.5, 0.6) is 0 Å². The molecule has 10 unspecified atom stereocenters. The Morgan fingerprint density at radius 1 is 0.976 bits per heavy atom. The Kier molecular flexibility index (Phi) is 8.14. The molecule has 0 aromatic carbocycles. The first-order valence-electron chi connectivity index (χ1n) is 14.2. The van der Waals surface area contributed by atoms with Crippen molar-refractivity contribution < 1.29 is 57.5 Å². The maximum Gasteiger partial charge on any atom is 0.342 e. The second-order valence-corrected chi connectivity index (χ2v) is 12.3. The summed E-state index contributed by atoms with van der Waals surface area (Å²) in [5, 5.41) is 12.4. The van der Waals surface area contributed by atoms with Crippen molar-refractivity contribution >= 4 is 29.8 Å². The second-order valence-electron chi connectivity index (χ2n) is 12.3. The van der Waals surface area contributed by atoms with Crippen molar-refractivity contribution in [1.82, 2.24) is 0 Å². The van der Waals surface area contributed by atoms with Crippen molar-refractivity contribution in [2.75, 3.05) is 0 Å². The van der Waals surface area contributed by atoms with Crippen LogP contribution in [0.15, 0.2) is 23.8 Å². The number of esters is 5. The molecule has 0 bridgehead atoms. The molecule has 0 aromatic heterocycles. The molecule has 2 saturated heterocycles. The zero-order valence-electron chi connectivity index (χ0n) is 25.3. The van der Waals surface area contributed by atoms with Crippen molar-refractivity contribution in [3.05, 3.63) is 23.8 Å². The van der Waals surface area contributed by atoms with Crippen molar-refractivity contribution in [2.24, 2.45) is 11.3 Å². The van der Waals surface area contributed by atoms with Gasteiger partial charge in [0.25, 0.3) is 0 Å². The smallest absolute Gasteiger partial charge is 0.342 e. The largest absolute Gasteiger partial charge is 0.459 e. The van der Waals surface area contributed by atoms with Gasteiger partial charge in [0.15, 0.2) is 17.3 Å². The molecule has 2 heterocycles. The standard InChI is InChI=1S/C30H40O12/c1-9-10-22(34)40-20-11-12-27(6)23(28(20,7)36)25(39-18(5)33)30-21(41-26(35)29(30,8)42-30)14-15(2)13-19(37-16(3)31)24(27)38-17(4)32/h11-12,14,19-21,23-25,36H,9-10,13H2,1-8H3. The van der Waals surface area contributed by atoms with E-state index in [2.05, 4.69) is 0 Å². The fraction of sp³-hybridized carbons (Fsp3) is 0.700. The predicted octanol–water partition coefficient (Wildman–Crippen LogP) is 2.24. The highest BCUT2D eigenvalue weighted by Gasteiger charge is 2.88. The van der Waals surface area contributed by atoms with Crippen LogP contribution < -0.4 is 0 Å². The summed E-state index contributed by atoms with van der Waals surface area (Å²) in [5.41, 5.74) is -5.94. The van der Waals surface area contributed by atoms with Gasteiger partial charge in [-0.2, -0.15) is 0 Å². The number of carbonyl (C=O) groups excluding carboxylic acids is 5. The van der Waals surface area contributed by atoms with Gasteiger partial charge < -0.3 is 33.5 Å². The Morgan fingerprint density at radius 2 is 1.57 bits per heavy atom.